The summed E-state index contributed by atoms with van der Waals surface area (Å²) in [5.41, 5.74) is 1.08. The van der Waals surface area contributed by atoms with Gasteiger partial charge in [0.1, 0.15) is 5.01 Å². The molecule has 1 aliphatic heterocycles. The minimum Gasteiger partial charge on any atom is -0.284 e. The van der Waals surface area contributed by atoms with Crippen LogP contribution in [0, 0.1) is 3.95 Å². The van der Waals surface area contributed by atoms with E-state index in [1.807, 2.05) is 22.6 Å². The van der Waals surface area contributed by atoms with Gasteiger partial charge in [0.05, 0.1) is 22.9 Å². The summed E-state index contributed by atoms with van der Waals surface area (Å²) in [7, 11) is 0. The number of thiazole rings is 1. The molecule has 30 heavy (non-hydrogen) atoms. The summed E-state index contributed by atoms with van der Waals surface area (Å²) in [5, 5.41) is 6.71. The highest BCUT2D eigenvalue weighted by atomic mass is 32.1. The van der Waals surface area contributed by atoms with Gasteiger partial charge in [0.15, 0.2) is 3.95 Å². The van der Waals surface area contributed by atoms with Crippen molar-refractivity contribution in [2.45, 2.75) is 64.2 Å². The topological polar surface area (TPSA) is 54.3 Å². The monoisotopic (exact) mass is 459 g/mol. The minimum atomic E-state index is 0.138. The van der Waals surface area contributed by atoms with Gasteiger partial charge in [-0.1, -0.05) is 36.8 Å². The van der Waals surface area contributed by atoms with Gasteiger partial charge in [-0.2, -0.15) is 0 Å². The Morgan fingerprint density at radius 1 is 1.23 bits per heavy atom. The third kappa shape index (κ3) is 3.95. The van der Waals surface area contributed by atoms with Gasteiger partial charge in [-0.25, -0.2) is 9.67 Å². The number of rotatable bonds is 6. The van der Waals surface area contributed by atoms with Crippen LogP contribution in [0.15, 0.2) is 24.3 Å². The lowest BCUT2D eigenvalue weighted by Crippen LogP contribution is -2.36. The SMILES string of the molecule is CCC(=O)N(c1nn(CN2CCCCC2c2nc3ccccc3s2)c(=S)s1)C1CC1. The number of aromatic nitrogens is 3. The van der Waals surface area contributed by atoms with Gasteiger partial charge < -0.3 is 0 Å². The molecule has 1 amide bonds. The van der Waals surface area contributed by atoms with Crippen LogP contribution in [0.1, 0.15) is 56.5 Å². The van der Waals surface area contributed by atoms with E-state index in [1.165, 1.54) is 33.9 Å². The van der Waals surface area contributed by atoms with Crippen molar-refractivity contribution in [2.75, 3.05) is 11.4 Å². The predicted molar refractivity (Wildman–Crippen MR) is 125 cm³/mol. The zero-order valence-corrected chi connectivity index (χ0v) is 19.4. The molecule has 2 fully saturated rings. The first-order chi connectivity index (χ1) is 14.6. The molecule has 0 radical (unpaired) electrons. The summed E-state index contributed by atoms with van der Waals surface area (Å²) in [6.45, 7) is 3.56. The molecule has 5 rings (SSSR count). The van der Waals surface area contributed by atoms with Gasteiger partial charge in [-0.3, -0.25) is 14.6 Å². The van der Waals surface area contributed by atoms with E-state index in [1.54, 1.807) is 11.3 Å². The number of carbonyl (C=O) groups excluding carboxylic acids is 1. The molecule has 2 aliphatic rings. The second-order valence-corrected chi connectivity index (χ2v) is 10.6. The average Bonchev–Trinajstić information content (AvgIpc) is 3.39. The highest BCUT2D eigenvalue weighted by Crippen LogP contribution is 2.37. The molecule has 2 aromatic heterocycles. The molecule has 158 valence electrons. The Morgan fingerprint density at radius 2 is 2.07 bits per heavy atom. The van der Waals surface area contributed by atoms with Gasteiger partial charge in [-0.05, 0) is 50.0 Å². The van der Waals surface area contributed by atoms with Crippen LogP contribution < -0.4 is 4.90 Å². The summed E-state index contributed by atoms with van der Waals surface area (Å²) in [6, 6.07) is 8.94. The number of hydrogen-bond donors (Lipinski definition) is 0. The lowest BCUT2D eigenvalue weighted by molar-refractivity contribution is -0.118. The van der Waals surface area contributed by atoms with Gasteiger partial charge in [0.2, 0.25) is 11.0 Å². The fourth-order valence-electron chi connectivity index (χ4n) is 4.10. The van der Waals surface area contributed by atoms with Gasteiger partial charge in [0.25, 0.3) is 0 Å². The molecule has 6 nitrogen and oxygen atoms in total. The second kappa shape index (κ2) is 8.45. The first-order valence-corrected chi connectivity index (χ1v) is 12.7. The molecule has 1 saturated heterocycles. The number of carbonyl (C=O) groups is 1. The summed E-state index contributed by atoms with van der Waals surface area (Å²) in [6.07, 6.45) is 6.11. The molecule has 1 aromatic carbocycles. The minimum absolute atomic E-state index is 0.138. The number of para-hydroxylation sites is 1. The van der Waals surface area contributed by atoms with Crippen molar-refractivity contribution in [2.24, 2.45) is 0 Å². The highest BCUT2D eigenvalue weighted by molar-refractivity contribution is 7.73. The first-order valence-electron chi connectivity index (χ1n) is 10.6. The molecule has 0 spiro atoms. The quantitative estimate of drug-likeness (QED) is 0.464. The summed E-state index contributed by atoms with van der Waals surface area (Å²) >= 11 is 8.89. The molecule has 1 atom stereocenters. The number of anilines is 1. The molecule has 9 heteroatoms. The zero-order valence-electron chi connectivity index (χ0n) is 17.0. The fourth-order valence-corrected chi connectivity index (χ4v) is 6.40. The highest BCUT2D eigenvalue weighted by Gasteiger charge is 2.35. The van der Waals surface area contributed by atoms with E-state index in [0.29, 0.717) is 25.2 Å². The number of piperidine rings is 1. The van der Waals surface area contributed by atoms with Crippen molar-refractivity contribution in [1.29, 1.82) is 0 Å². The number of amides is 1. The molecule has 0 N–H and O–H groups in total. The smallest absolute Gasteiger partial charge is 0.228 e. The number of nitrogens with zero attached hydrogens (tertiary/aromatic N) is 5. The van der Waals surface area contributed by atoms with E-state index < -0.39 is 0 Å². The first kappa shape index (κ1) is 20.2. The number of fused-ring (bicyclic) bond motifs is 1. The zero-order chi connectivity index (χ0) is 20.7. The third-order valence-corrected chi connectivity index (χ3v) is 8.25. The van der Waals surface area contributed by atoms with Gasteiger partial charge in [0, 0.05) is 19.0 Å². The normalized spacial score (nSPS) is 20.0. The fraction of sp³-hybridized carbons (Fsp3) is 0.524. The van der Waals surface area contributed by atoms with E-state index in [2.05, 4.69) is 23.1 Å². The Kier molecular flexibility index (Phi) is 5.70. The Hall–Kier alpha value is -1.68. The molecule has 1 unspecified atom stereocenters. The van der Waals surface area contributed by atoms with Gasteiger partial charge in [-0.15, -0.1) is 16.4 Å². The van der Waals surface area contributed by atoms with Crippen molar-refractivity contribution >= 4 is 56.1 Å². The number of hydrogen-bond acceptors (Lipinski definition) is 7. The maximum atomic E-state index is 12.5. The average molecular weight is 460 g/mol. The summed E-state index contributed by atoms with van der Waals surface area (Å²) < 4.78 is 3.87. The molecule has 1 saturated carbocycles. The molecule has 3 heterocycles. The Labute approximate surface area is 189 Å². The van der Waals surface area contributed by atoms with E-state index in [9.17, 15) is 4.79 Å². The third-order valence-electron chi connectivity index (χ3n) is 5.81. The van der Waals surface area contributed by atoms with Crippen LogP contribution in [0.25, 0.3) is 10.2 Å². The van der Waals surface area contributed by atoms with E-state index >= 15 is 0 Å². The number of benzene rings is 1. The van der Waals surface area contributed by atoms with Crippen LogP contribution in [-0.2, 0) is 11.5 Å². The lowest BCUT2D eigenvalue weighted by Gasteiger charge is -2.34. The van der Waals surface area contributed by atoms with E-state index in [0.717, 1.165) is 40.4 Å². The Balaban J connectivity index is 1.40. The van der Waals surface area contributed by atoms with Crippen molar-refractivity contribution in [3.63, 3.8) is 0 Å². The van der Waals surface area contributed by atoms with E-state index in [-0.39, 0.29) is 5.91 Å². The second-order valence-electron chi connectivity index (χ2n) is 7.98. The van der Waals surface area contributed by atoms with Crippen molar-refractivity contribution < 1.29 is 4.79 Å². The predicted octanol–water partition coefficient (Wildman–Crippen LogP) is 5.37. The van der Waals surface area contributed by atoms with Crippen LogP contribution in [0.5, 0.6) is 0 Å². The van der Waals surface area contributed by atoms with Gasteiger partial charge >= 0.3 is 0 Å². The molecule has 1 aliphatic carbocycles. The maximum Gasteiger partial charge on any atom is 0.228 e. The Bertz CT molecular complexity index is 1080. The molecular formula is C21H25N5OS3. The largest absolute Gasteiger partial charge is 0.284 e. The standard InChI is InChI=1S/C21H25N5OS3/c1-2-18(27)26(14-10-11-14)20-23-25(21(28)30-20)13-24-12-6-5-8-16(24)19-22-15-7-3-4-9-17(15)29-19/h3-4,7,9,14,16H,2,5-6,8,10-13H2,1H3. The van der Waals surface area contributed by atoms with Crippen molar-refractivity contribution in [1.82, 2.24) is 19.7 Å². The van der Waals surface area contributed by atoms with Crippen molar-refractivity contribution in [3.8, 4) is 0 Å². The van der Waals surface area contributed by atoms with Crippen molar-refractivity contribution in [3.05, 3.63) is 33.2 Å². The number of likely N-dealkylation sites (tertiary alicyclic amines) is 1. The molecule has 0 bridgehead atoms. The van der Waals surface area contributed by atoms with E-state index in [4.69, 9.17) is 22.3 Å². The van der Waals surface area contributed by atoms with Crippen LogP contribution in [0.2, 0.25) is 0 Å². The molecular weight excluding hydrogens is 434 g/mol. The lowest BCUT2D eigenvalue weighted by atomic mass is 10.0. The Morgan fingerprint density at radius 3 is 2.83 bits per heavy atom. The molecule has 3 aromatic rings. The summed E-state index contributed by atoms with van der Waals surface area (Å²) in [4.78, 5) is 21.7. The maximum absolute atomic E-state index is 12.5. The van der Waals surface area contributed by atoms with Crippen LogP contribution in [0.3, 0.4) is 0 Å². The summed E-state index contributed by atoms with van der Waals surface area (Å²) in [5.74, 6) is 0.138. The van der Waals surface area contributed by atoms with Crippen LogP contribution >= 0.6 is 34.9 Å². The van der Waals surface area contributed by atoms with Crippen LogP contribution in [-0.4, -0.2) is 38.2 Å². The van der Waals surface area contributed by atoms with Crippen LogP contribution in [0.4, 0.5) is 5.13 Å².